The summed E-state index contributed by atoms with van der Waals surface area (Å²) < 4.78 is 4.86. The first-order valence-electron chi connectivity index (χ1n) is 3.03. The van der Waals surface area contributed by atoms with Crippen molar-refractivity contribution in [3.05, 3.63) is 10.2 Å². The maximum Gasteiger partial charge on any atom is -0.0144 e. The number of rotatable bonds is 1. The molecule has 0 nitrogen and oxygen atoms in total. The molecule has 1 aliphatic rings. The van der Waals surface area contributed by atoms with Gasteiger partial charge in [0.1, 0.15) is 0 Å². The number of hydrogen-bond acceptors (Lipinski definition) is 0. The van der Waals surface area contributed by atoms with E-state index in [2.05, 4.69) is 21.1 Å². The summed E-state index contributed by atoms with van der Waals surface area (Å²) in [6.45, 7) is 2.27. The molecular formula is C7H11I. The molecule has 0 aromatic rings. The summed E-state index contributed by atoms with van der Waals surface area (Å²) in [7, 11) is 0. The van der Waals surface area contributed by atoms with Gasteiger partial charge in [0.2, 0.25) is 0 Å². The summed E-state index contributed by atoms with van der Waals surface area (Å²) in [5.74, 6) is 0.924. The fraction of sp³-hybridized carbons (Fsp3) is 0.571. The van der Waals surface area contributed by atoms with Gasteiger partial charge < -0.3 is 0 Å². The van der Waals surface area contributed by atoms with E-state index >= 15 is 0 Å². The van der Waals surface area contributed by atoms with E-state index in [1.807, 2.05) is 0 Å². The summed E-state index contributed by atoms with van der Waals surface area (Å²) >= 11 is 0.363. The van der Waals surface area contributed by atoms with Gasteiger partial charge in [-0.1, -0.05) is 33.7 Å². The van der Waals surface area contributed by atoms with Gasteiger partial charge in [0, 0.05) is 0 Å². The highest BCUT2D eigenvalue weighted by Crippen LogP contribution is 2.16. The van der Waals surface area contributed by atoms with Gasteiger partial charge in [-0.25, -0.2) is 0 Å². The highest BCUT2D eigenvalue weighted by Gasteiger charge is 1.99. The lowest BCUT2D eigenvalue weighted by molar-refractivity contribution is 0.698. The fourth-order valence-corrected chi connectivity index (χ4v) is 2.95. The van der Waals surface area contributed by atoms with Gasteiger partial charge in [0.05, 0.1) is 0 Å². The van der Waals surface area contributed by atoms with Crippen molar-refractivity contribution in [3.8, 4) is 0 Å². The second-order valence-corrected chi connectivity index (χ2v) is 4.18. The topological polar surface area (TPSA) is 0 Å². The Balaban J connectivity index is 2.40. The van der Waals surface area contributed by atoms with Gasteiger partial charge in [0.15, 0.2) is 0 Å². The summed E-state index contributed by atoms with van der Waals surface area (Å²) in [6.07, 6.45) is 4.97. The van der Waals surface area contributed by atoms with Crippen LogP contribution in [-0.2, 0) is 0 Å². The Bertz CT molecular complexity index is 114. The summed E-state index contributed by atoms with van der Waals surface area (Å²) in [5, 5.41) is 0. The average Bonchev–Trinajstić information content (AvgIpc) is 1.90. The van der Waals surface area contributed by atoms with Gasteiger partial charge in [-0.2, -0.15) is 0 Å². The molecule has 1 heterocycles. The summed E-state index contributed by atoms with van der Waals surface area (Å²) in [4.78, 5) is 0. The third kappa shape index (κ3) is 1.69. The molecule has 0 N–H and O–H groups in total. The number of hydrogen-bond donors (Lipinski definition) is 0. The van der Waals surface area contributed by atoms with Crippen molar-refractivity contribution in [1.29, 1.82) is 0 Å². The van der Waals surface area contributed by atoms with Crippen LogP contribution in [0.1, 0.15) is 19.8 Å². The van der Waals surface area contributed by atoms with Gasteiger partial charge in [-0.05, 0) is 26.9 Å². The molecule has 0 saturated carbocycles. The van der Waals surface area contributed by atoms with Crippen LogP contribution in [-0.4, -0.2) is 4.01 Å². The SMILES string of the molecule is CCC1C=IC=CC1. The van der Waals surface area contributed by atoms with Gasteiger partial charge in [-0.15, -0.1) is 0 Å². The van der Waals surface area contributed by atoms with Crippen LogP contribution in [0.4, 0.5) is 0 Å². The lowest BCUT2D eigenvalue weighted by Crippen LogP contribution is -1.97. The van der Waals surface area contributed by atoms with Crippen molar-refractivity contribution in [2.75, 3.05) is 0 Å². The molecule has 0 saturated heterocycles. The van der Waals surface area contributed by atoms with Crippen molar-refractivity contribution in [2.24, 2.45) is 5.92 Å². The monoisotopic (exact) mass is 222 g/mol. The van der Waals surface area contributed by atoms with Gasteiger partial charge in [0.25, 0.3) is 0 Å². The molecule has 1 heteroatoms. The van der Waals surface area contributed by atoms with Crippen molar-refractivity contribution in [3.63, 3.8) is 0 Å². The van der Waals surface area contributed by atoms with Crippen molar-refractivity contribution in [1.82, 2.24) is 0 Å². The summed E-state index contributed by atoms with van der Waals surface area (Å²) in [6, 6.07) is 0. The number of allylic oxidation sites excluding steroid dienone is 1. The average molecular weight is 222 g/mol. The first-order valence-corrected chi connectivity index (χ1v) is 5.53. The summed E-state index contributed by atoms with van der Waals surface area (Å²) in [5.41, 5.74) is 0. The Morgan fingerprint density at radius 2 is 2.62 bits per heavy atom. The van der Waals surface area contributed by atoms with E-state index in [1.165, 1.54) is 12.8 Å². The molecular weight excluding hydrogens is 211 g/mol. The zero-order valence-corrected chi connectivity index (χ0v) is 7.26. The molecule has 0 spiro atoms. The molecule has 0 amide bonds. The molecule has 0 radical (unpaired) electrons. The molecule has 0 aromatic heterocycles. The van der Waals surface area contributed by atoms with Crippen LogP contribution in [0.5, 0.6) is 0 Å². The Morgan fingerprint density at radius 1 is 1.75 bits per heavy atom. The van der Waals surface area contributed by atoms with Crippen LogP contribution in [0.25, 0.3) is 0 Å². The van der Waals surface area contributed by atoms with E-state index in [4.69, 9.17) is 0 Å². The largest absolute Gasteiger partial charge is 0.0982 e. The zero-order chi connectivity index (χ0) is 5.82. The van der Waals surface area contributed by atoms with Gasteiger partial charge in [-0.3, -0.25) is 0 Å². The highest BCUT2D eigenvalue weighted by molar-refractivity contribution is 14.2. The van der Waals surface area contributed by atoms with E-state index in [1.54, 1.807) is 0 Å². The van der Waals surface area contributed by atoms with Crippen LogP contribution < -0.4 is 0 Å². The first-order chi connectivity index (χ1) is 3.93. The number of halogens is 1. The second kappa shape index (κ2) is 3.38. The predicted molar refractivity (Wildman–Crippen MR) is 47.6 cm³/mol. The molecule has 1 aliphatic heterocycles. The minimum absolute atomic E-state index is 0.363. The molecule has 8 heavy (non-hydrogen) atoms. The normalized spacial score (nSPS) is 27.4. The van der Waals surface area contributed by atoms with E-state index in [9.17, 15) is 0 Å². The van der Waals surface area contributed by atoms with Crippen LogP contribution >= 0.6 is 20.7 Å². The van der Waals surface area contributed by atoms with E-state index in [0.29, 0.717) is 20.7 Å². The molecule has 0 bridgehead atoms. The third-order valence-electron chi connectivity index (χ3n) is 1.38. The zero-order valence-electron chi connectivity index (χ0n) is 5.10. The molecule has 0 fully saturated rings. The molecule has 1 rings (SSSR count). The van der Waals surface area contributed by atoms with E-state index in [0.717, 1.165) is 5.92 Å². The molecule has 1 unspecified atom stereocenters. The lowest BCUT2D eigenvalue weighted by Gasteiger charge is -2.06. The second-order valence-electron chi connectivity index (χ2n) is 2.02. The molecule has 0 aromatic carbocycles. The van der Waals surface area contributed by atoms with E-state index in [-0.39, 0.29) is 0 Å². The van der Waals surface area contributed by atoms with Crippen molar-refractivity contribution in [2.45, 2.75) is 19.8 Å². The quantitative estimate of drug-likeness (QED) is 0.598. The van der Waals surface area contributed by atoms with Gasteiger partial charge >= 0.3 is 0 Å². The highest BCUT2D eigenvalue weighted by atomic mass is 127. The Labute approximate surface area is 60.7 Å². The van der Waals surface area contributed by atoms with E-state index < -0.39 is 0 Å². The Morgan fingerprint density at radius 3 is 3.00 bits per heavy atom. The third-order valence-corrected chi connectivity index (χ3v) is 3.73. The first kappa shape index (κ1) is 6.46. The van der Waals surface area contributed by atoms with Crippen LogP contribution in [0.3, 0.4) is 0 Å². The minimum atomic E-state index is 0.363. The van der Waals surface area contributed by atoms with Crippen LogP contribution in [0.15, 0.2) is 10.2 Å². The molecule has 0 aliphatic carbocycles. The maximum absolute atomic E-state index is 2.51. The predicted octanol–water partition coefficient (Wildman–Crippen LogP) is 2.70. The lowest BCUT2D eigenvalue weighted by atomic mass is 10.1. The molecule has 1 atom stereocenters. The van der Waals surface area contributed by atoms with Crippen LogP contribution in [0, 0.1) is 5.92 Å². The van der Waals surface area contributed by atoms with Crippen molar-refractivity contribution >= 4 is 24.7 Å². The molecule has 46 valence electrons. The maximum atomic E-state index is 2.51. The Kier molecular flexibility index (Phi) is 2.73. The Hall–Kier alpha value is 0.340. The minimum Gasteiger partial charge on any atom is -0.0982 e. The standard InChI is InChI=1S/C7H11I/c1-2-7-4-3-5-8-6-7/h3,5-7H,2,4H2,1H3. The van der Waals surface area contributed by atoms with Crippen molar-refractivity contribution < 1.29 is 0 Å². The van der Waals surface area contributed by atoms with Crippen LogP contribution in [0.2, 0.25) is 0 Å². The fourth-order valence-electron chi connectivity index (χ4n) is 0.730. The smallest absolute Gasteiger partial charge is 0.0144 e.